The van der Waals surface area contributed by atoms with Crippen LogP contribution in [0.15, 0.2) is 20.9 Å². The maximum atomic E-state index is 12.5. The largest absolute Gasteiger partial charge is 0.379 e. The second-order valence-corrected chi connectivity index (χ2v) is 5.35. The minimum absolute atomic E-state index is 0.286. The lowest BCUT2D eigenvalue weighted by molar-refractivity contribution is -0.0439. The van der Waals surface area contributed by atoms with Crippen LogP contribution in [0.5, 0.6) is 0 Å². The molecule has 0 aromatic carbocycles. The molecule has 0 N–H and O–H groups in total. The Bertz CT molecular complexity index is 719. The van der Waals surface area contributed by atoms with Crippen molar-refractivity contribution in [3.63, 3.8) is 0 Å². The number of hydrogen-bond donors (Lipinski definition) is 0. The minimum atomic E-state index is -0.583. The molecule has 2 rings (SSSR count). The average Bonchev–Trinajstić information content (AvgIpc) is 2.92. The van der Waals surface area contributed by atoms with Crippen molar-refractivity contribution >= 4 is 0 Å². The van der Waals surface area contributed by atoms with E-state index in [1.165, 1.54) is 10.8 Å². The van der Waals surface area contributed by atoms with Gasteiger partial charge in [0.1, 0.15) is 6.23 Å². The molecule has 0 aliphatic carbocycles. The standard InChI is InChI=1S/C14H21N5O4/c1-4-18-13(20)9(3)7-19(14(18)21)12-6-10(16-17-15)11(23-12)8-22-5-2/h7,10-12H,4-6,8H2,1-3H3/t10?,11-,12-/m1/s1. The first-order valence-electron chi connectivity index (χ1n) is 7.63. The summed E-state index contributed by atoms with van der Waals surface area (Å²) < 4.78 is 13.8. The summed E-state index contributed by atoms with van der Waals surface area (Å²) in [6.07, 6.45) is 0.867. The predicted molar refractivity (Wildman–Crippen MR) is 83.3 cm³/mol. The van der Waals surface area contributed by atoms with Gasteiger partial charge < -0.3 is 9.47 Å². The highest BCUT2D eigenvalue weighted by Gasteiger charge is 2.36. The van der Waals surface area contributed by atoms with Crippen molar-refractivity contribution in [2.24, 2.45) is 5.11 Å². The summed E-state index contributed by atoms with van der Waals surface area (Å²) >= 11 is 0. The Morgan fingerprint density at radius 1 is 1.48 bits per heavy atom. The molecule has 0 bridgehead atoms. The van der Waals surface area contributed by atoms with Crippen molar-refractivity contribution in [3.8, 4) is 0 Å². The summed E-state index contributed by atoms with van der Waals surface area (Å²) in [7, 11) is 0. The van der Waals surface area contributed by atoms with E-state index < -0.39 is 24.1 Å². The maximum Gasteiger partial charge on any atom is 0.333 e. The molecule has 9 heteroatoms. The monoisotopic (exact) mass is 323 g/mol. The SMILES string of the molecule is CCOC[C@H]1O[C@@H](n2cc(C)c(=O)n(CC)c2=O)CC1N=[N+]=[N-]. The van der Waals surface area contributed by atoms with Crippen molar-refractivity contribution in [2.45, 2.75) is 52.1 Å². The van der Waals surface area contributed by atoms with Gasteiger partial charge in [0.2, 0.25) is 0 Å². The molecular formula is C14H21N5O4. The number of aryl methyl sites for hydroxylation is 1. The van der Waals surface area contributed by atoms with Gasteiger partial charge in [0, 0.05) is 36.2 Å². The van der Waals surface area contributed by atoms with E-state index in [1.807, 2.05) is 6.92 Å². The molecule has 2 heterocycles. The quantitative estimate of drug-likeness (QED) is 0.446. The van der Waals surface area contributed by atoms with E-state index in [4.69, 9.17) is 15.0 Å². The Morgan fingerprint density at radius 3 is 2.83 bits per heavy atom. The second-order valence-electron chi connectivity index (χ2n) is 5.35. The molecule has 23 heavy (non-hydrogen) atoms. The van der Waals surface area contributed by atoms with Crippen LogP contribution in [0.3, 0.4) is 0 Å². The van der Waals surface area contributed by atoms with Crippen LogP contribution in [-0.4, -0.2) is 34.5 Å². The Morgan fingerprint density at radius 2 is 2.22 bits per heavy atom. The number of ether oxygens (including phenoxy) is 2. The summed E-state index contributed by atoms with van der Waals surface area (Å²) in [4.78, 5) is 27.3. The van der Waals surface area contributed by atoms with Crippen LogP contribution in [0, 0.1) is 6.92 Å². The van der Waals surface area contributed by atoms with E-state index in [1.54, 1.807) is 13.8 Å². The summed E-state index contributed by atoms with van der Waals surface area (Å²) in [5, 5.41) is 3.74. The molecule has 126 valence electrons. The van der Waals surface area contributed by atoms with Crippen LogP contribution in [0.1, 0.15) is 32.1 Å². The highest BCUT2D eigenvalue weighted by molar-refractivity contribution is 5.04. The molecule has 0 saturated carbocycles. The zero-order valence-electron chi connectivity index (χ0n) is 13.5. The molecule has 0 radical (unpaired) electrons. The van der Waals surface area contributed by atoms with E-state index >= 15 is 0 Å². The topological polar surface area (TPSA) is 111 Å². The molecule has 0 spiro atoms. The Labute approximate surface area is 133 Å². The smallest absolute Gasteiger partial charge is 0.333 e. The highest BCUT2D eigenvalue weighted by atomic mass is 16.6. The third kappa shape index (κ3) is 3.47. The van der Waals surface area contributed by atoms with Crippen molar-refractivity contribution in [3.05, 3.63) is 43.0 Å². The highest BCUT2D eigenvalue weighted by Crippen LogP contribution is 2.30. The van der Waals surface area contributed by atoms with E-state index in [-0.39, 0.29) is 18.7 Å². The first kappa shape index (κ1) is 17.3. The molecule has 3 atom stereocenters. The maximum absolute atomic E-state index is 12.5. The molecule has 0 amide bonds. The Kier molecular flexibility index (Phi) is 5.59. The van der Waals surface area contributed by atoms with Crippen molar-refractivity contribution < 1.29 is 9.47 Å². The van der Waals surface area contributed by atoms with Crippen LogP contribution in [0.25, 0.3) is 10.4 Å². The van der Waals surface area contributed by atoms with E-state index in [0.717, 1.165) is 4.57 Å². The zero-order valence-corrected chi connectivity index (χ0v) is 13.5. The van der Waals surface area contributed by atoms with E-state index in [0.29, 0.717) is 18.6 Å². The van der Waals surface area contributed by atoms with Gasteiger partial charge in [-0.25, -0.2) is 4.79 Å². The number of azide groups is 1. The van der Waals surface area contributed by atoms with Crippen LogP contribution in [-0.2, 0) is 16.0 Å². The fraction of sp³-hybridized carbons (Fsp3) is 0.714. The van der Waals surface area contributed by atoms with E-state index in [9.17, 15) is 9.59 Å². The van der Waals surface area contributed by atoms with Crippen molar-refractivity contribution in [2.75, 3.05) is 13.2 Å². The van der Waals surface area contributed by atoms with Crippen LogP contribution in [0.4, 0.5) is 0 Å². The van der Waals surface area contributed by atoms with E-state index in [2.05, 4.69) is 10.0 Å². The van der Waals surface area contributed by atoms with Gasteiger partial charge >= 0.3 is 5.69 Å². The van der Waals surface area contributed by atoms with Gasteiger partial charge in [-0.05, 0) is 26.3 Å². The zero-order chi connectivity index (χ0) is 17.0. The van der Waals surface area contributed by atoms with Gasteiger partial charge in [-0.1, -0.05) is 5.11 Å². The normalized spacial score (nSPS) is 23.7. The van der Waals surface area contributed by atoms with Gasteiger partial charge in [-0.2, -0.15) is 0 Å². The molecule has 1 aromatic rings. The molecule has 9 nitrogen and oxygen atoms in total. The molecule has 1 aliphatic heterocycles. The van der Waals surface area contributed by atoms with Gasteiger partial charge in [-0.3, -0.25) is 13.9 Å². The summed E-state index contributed by atoms with van der Waals surface area (Å²) in [5.41, 5.74) is 8.43. The van der Waals surface area contributed by atoms with Crippen LogP contribution in [0.2, 0.25) is 0 Å². The summed E-state index contributed by atoms with van der Waals surface area (Å²) in [6, 6.07) is -0.411. The van der Waals surface area contributed by atoms with Gasteiger partial charge in [-0.15, -0.1) is 0 Å². The lowest BCUT2D eigenvalue weighted by Gasteiger charge is -2.18. The molecule has 1 aliphatic rings. The van der Waals surface area contributed by atoms with Crippen molar-refractivity contribution in [1.82, 2.24) is 9.13 Å². The molecular weight excluding hydrogens is 302 g/mol. The summed E-state index contributed by atoms with van der Waals surface area (Å²) in [5.74, 6) is 0. The predicted octanol–water partition coefficient (Wildman–Crippen LogP) is 1.34. The number of hydrogen-bond acceptors (Lipinski definition) is 5. The third-order valence-electron chi connectivity index (χ3n) is 3.88. The van der Waals surface area contributed by atoms with Gasteiger partial charge in [0.15, 0.2) is 0 Å². The average molecular weight is 323 g/mol. The van der Waals surface area contributed by atoms with Crippen LogP contribution < -0.4 is 11.2 Å². The molecule has 1 aromatic heterocycles. The number of aromatic nitrogens is 2. The number of nitrogens with zero attached hydrogens (tertiary/aromatic N) is 5. The lowest BCUT2D eigenvalue weighted by atomic mass is 10.1. The first-order valence-corrected chi connectivity index (χ1v) is 7.63. The van der Waals surface area contributed by atoms with Gasteiger partial charge in [0.25, 0.3) is 5.56 Å². The fourth-order valence-corrected chi connectivity index (χ4v) is 2.70. The summed E-state index contributed by atoms with van der Waals surface area (Å²) in [6.45, 7) is 6.35. The molecule has 1 fully saturated rings. The fourth-order valence-electron chi connectivity index (χ4n) is 2.70. The molecule has 1 saturated heterocycles. The lowest BCUT2D eigenvalue weighted by Crippen LogP contribution is -2.41. The van der Waals surface area contributed by atoms with Crippen molar-refractivity contribution in [1.29, 1.82) is 0 Å². The second kappa shape index (κ2) is 7.45. The van der Waals surface area contributed by atoms with Gasteiger partial charge in [0.05, 0.1) is 18.8 Å². The molecule has 1 unspecified atom stereocenters. The minimum Gasteiger partial charge on any atom is -0.379 e. The Balaban J connectivity index is 2.36. The third-order valence-corrected chi connectivity index (χ3v) is 3.88. The Hall–Kier alpha value is -2.09. The first-order chi connectivity index (χ1) is 11.0. The van der Waals surface area contributed by atoms with Crippen LogP contribution >= 0.6 is 0 Å². The number of rotatable bonds is 6.